The molecular weight excluding hydrogens is 242 g/mol. The molecule has 1 aromatic heterocycles. The Morgan fingerprint density at radius 3 is 2.26 bits per heavy atom. The molecule has 5 nitrogen and oxygen atoms in total. The highest BCUT2D eigenvalue weighted by Crippen LogP contribution is 2.19. The van der Waals surface area contributed by atoms with Gasteiger partial charge in [0.15, 0.2) is 0 Å². The first-order chi connectivity index (χ1) is 9.15. The van der Waals surface area contributed by atoms with Crippen LogP contribution in [-0.2, 0) is 9.59 Å². The number of benzene rings is 1. The summed E-state index contributed by atoms with van der Waals surface area (Å²) < 4.78 is 0. The van der Waals surface area contributed by atoms with Gasteiger partial charge in [0, 0.05) is 23.6 Å². The van der Waals surface area contributed by atoms with Gasteiger partial charge in [-0.1, -0.05) is 12.1 Å². The molecule has 0 radical (unpaired) electrons. The highest BCUT2D eigenvalue weighted by atomic mass is 16.2. The second-order valence-electron chi connectivity index (χ2n) is 4.13. The molecule has 0 bridgehead atoms. The van der Waals surface area contributed by atoms with E-state index in [1.165, 1.54) is 13.3 Å². The van der Waals surface area contributed by atoms with E-state index in [1.54, 1.807) is 24.5 Å². The van der Waals surface area contributed by atoms with Gasteiger partial charge in [0.1, 0.15) is 12.1 Å². The molecule has 0 saturated heterocycles. The summed E-state index contributed by atoms with van der Waals surface area (Å²) in [6.45, 7) is 1.39. The summed E-state index contributed by atoms with van der Waals surface area (Å²) in [5.74, 6) is -0.459. The maximum Gasteiger partial charge on any atom is 0.231 e. The van der Waals surface area contributed by atoms with E-state index in [-0.39, 0.29) is 18.1 Å². The smallest absolute Gasteiger partial charge is 0.231 e. The van der Waals surface area contributed by atoms with Crippen LogP contribution >= 0.6 is 0 Å². The second-order valence-corrected chi connectivity index (χ2v) is 4.13. The Kier molecular flexibility index (Phi) is 3.97. The van der Waals surface area contributed by atoms with Gasteiger partial charge in [-0.05, 0) is 24.6 Å². The zero-order valence-electron chi connectivity index (χ0n) is 10.5. The predicted octanol–water partition coefficient (Wildman–Crippen LogP) is 2.06. The normalized spacial score (nSPS) is 9.95. The average Bonchev–Trinajstić information content (AvgIpc) is 2.39. The van der Waals surface area contributed by atoms with Crippen LogP contribution in [0.1, 0.15) is 13.3 Å². The molecule has 2 aromatic rings. The quantitative estimate of drug-likeness (QED) is 0.849. The molecule has 5 heteroatoms. The maximum atomic E-state index is 11.4. The Labute approximate surface area is 110 Å². The van der Waals surface area contributed by atoms with Crippen LogP contribution in [0.3, 0.4) is 0 Å². The summed E-state index contributed by atoms with van der Waals surface area (Å²) in [6.07, 6.45) is 4.81. The van der Waals surface area contributed by atoms with Gasteiger partial charge in [-0.2, -0.15) is 0 Å². The van der Waals surface area contributed by atoms with Crippen LogP contribution in [0, 0.1) is 0 Å². The van der Waals surface area contributed by atoms with Crippen molar-refractivity contribution in [2.24, 2.45) is 0 Å². The van der Waals surface area contributed by atoms with Crippen molar-refractivity contribution in [2.45, 2.75) is 13.3 Å². The molecule has 0 aliphatic carbocycles. The lowest BCUT2D eigenvalue weighted by molar-refractivity contribution is -0.124. The lowest BCUT2D eigenvalue weighted by Gasteiger charge is -2.05. The number of anilines is 1. The molecule has 2 rings (SSSR count). The number of hydrogen-bond acceptors (Lipinski definition) is 4. The largest absolute Gasteiger partial charge is 0.326 e. The van der Waals surface area contributed by atoms with Crippen molar-refractivity contribution in [3.05, 3.63) is 43.0 Å². The Morgan fingerprint density at radius 2 is 1.68 bits per heavy atom. The molecule has 0 atom stereocenters. The summed E-state index contributed by atoms with van der Waals surface area (Å²) in [5.41, 5.74) is 2.53. The van der Waals surface area contributed by atoms with Gasteiger partial charge in [-0.25, -0.2) is 9.97 Å². The van der Waals surface area contributed by atoms with E-state index in [0.29, 0.717) is 5.69 Å². The van der Waals surface area contributed by atoms with Crippen LogP contribution in [0.15, 0.2) is 43.0 Å². The van der Waals surface area contributed by atoms with E-state index in [9.17, 15) is 9.59 Å². The van der Waals surface area contributed by atoms with E-state index >= 15 is 0 Å². The molecule has 0 fully saturated rings. The van der Waals surface area contributed by atoms with Gasteiger partial charge < -0.3 is 5.32 Å². The third-order valence-electron chi connectivity index (χ3n) is 2.47. The molecule has 0 spiro atoms. The molecule has 1 amide bonds. The van der Waals surface area contributed by atoms with E-state index in [1.807, 2.05) is 12.1 Å². The van der Waals surface area contributed by atoms with Gasteiger partial charge in [-0.15, -0.1) is 0 Å². The van der Waals surface area contributed by atoms with Crippen molar-refractivity contribution >= 4 is 17.4 Å². The van der Waals surface area contributed by atoms with Crippen molar-refractivity contribution in [1.82, 2.24) is 9.97 Å². The SMILES string of the molecule is CC(=O)CC(=O)Nc1ccc(-c2cncnc2)cc1. The van der Waals surface area contributed by atoms with Crippen LogP contribution in [0.25, 0.3) is 11.1 Å². The summed E-state index contributed by atoms with van der Waals surface area (Å²) in [4.78, 5) is 30.1. The number of rotatable bonds is 4. The highest BCUT2D eigenvalue weighted by molar-refractivity contribution is 6.03. The number of Topliss-reactive ketones (excluding diaryl/α,β-unsaturated/α-hetero) is 1. The van der Waals surface area contributed by atoms with E-state index in [0.717, 1.165) is 11.1 Å². The lowest BCUT2D eigenvalue weighted by atomic mass is 10.1. The highest BCUT2D eigenvalue weighted by Gasteiger charge is 2.05. The molecule has 19 heavy (non-hydrogen) atoms. The first kappa shape index (κ1) is 12.9. The summed E-state index contributed by atoms with van der Waals surface area (Å²) in [7, 11) is 0. The van der Waals surface area contributed by atoms with E-state index < -0.39 is 0 Å². The molecule has 1 aromatic carbocycles. The zero-order chi connectivity index (χ0) is 13.7. The number of amides is 1. The zero-order valence-corrected chi connectivity index (χ0v) is 10.5. The molecule has 0 unspecified atom stereocenters. The van der Waals surface area contributed by atoms with Gasteiger partial charge in [-0.3, -0.25) is 9.59 Å². The topological polar surface area (TPSA) is 72.0 Å². The minimum absolute atomic E-state index is 0.103. The van der Waals surface area contributed by atoms with Gasteiger partial charge in [0.25, 0.3) is 0 Å². The van der Waals surface area contributed by atoms with Gasteiger partial charge in [0.05, 0.1) is 6.42 Å². The Morgan fingerprint density at radius 1 is 1.05 bits per heavy atom. The summed E-state index contributed by atoms with van der Waals surface area (Å²) in [6, 6.07) is 7.28. The predicted molar refractivity (Wildman–Crippen MR) is 71.4 cm³/mol. The molecule has 1 N–H and O–H groups in total. The standard InChI is InChI=1S/C14H13N3O2/c1-10(18)6-14(19)17-13-4-2-11(3-5-13)12-7-15-9-16-8-12/h2-5,7-9H,6H2,1H3,(H,17,19). The third-order valence-corrected chi connectivity index (χ3v) is 2.47. The number of hydrogen-bond donors (Lipinski definition) is 1. The number of carbonyl (C=O) groups excluding carboxylic acids is 2. The van der Waals surface area contributed by atoms with E-state index in [2.05, 4.69) is 15.3 Å². The fourth-order valence-corrected chi connectivity index (χ4v) is 1.63. The number of ketones is 1. The summed E-state index contributed by atoms with van der Waals surface area (Å²) in [5, 5.41) is 2.66. The number of nitrogens with one attached hydrogen (secondary N) is 1. The lowest BCUT2D eigenvalue weighted by Crippen LogP contribution is -2.14. The van der Waals surface area contributed by atoms with Crippen LogP contribution in [-0.4, -0.2) is 21.7 Å². The first-order valence-electron chi connectivity index (χ1n) is 5.80. The Bertz CT molecular complexity index is 579. The molecule has 0 saturated carbocycles. The van der Waals surface area contributed by atoms with Crippen LogP contribution in [0.5, 0.6) is 0 Å². The van der Waals surface area contributed by atoms with Crippen molar-refractivity contribution in [3.8, 4) is 11.1 Å². The Balaban J connectivity index is 2.07. The minimum Gasteiger partial charge on any atom is -0.326 e. The molecule has 1 heterocycles. The van der Waals surface area contributed by atoms with Crippen molar-refractivity contribution < 1.29 is 9.59 Å². The Hall–Kier alpha value is -2.56. The van der Waals surface area contributed by atoms with Crippen molar-refractivity contribution in [1.29, 1.82) is 0 Å². The first-order valence-corrected chi connectivity index (χ1v) is 5.80. The number of aromatic nitrogens is 2. The van der Waals surface area contributed by atoms with Gasteiger partial charge >= 0.3 is 0 Å². The fraction of sp³-hybridized carbons (Fsp3) is 0.143. The molecular formula is C14H13N3O2. The van der Waals surface area contributed by atoms with E-state index in [4.69, 9.17) is 0 Å². The number of carbonyl (C=O) groups is 2. The van der Waals surface area contributed by atoms with Crippen molar-refractivity contribution in [3.63, 3.8) is 0 Å². The molecule has 96 valence electrons. The van der Waals surface area contributed by atoms with Crippen LogP contribution in [0.2, 0.25) is 0 Å². The minimum atomic E-state index is -0.303. The maximum absolute atomic E-state index is 11.4. The van der Waals surface area contributed by atoms with Crippen LogP contribution < -0.4 is 5.32 Å². The molecule has 0 aliphatic heterocycles. The fourth-order valence-electron chi connectivity index (χ4n) is 1.63. The summed E-state index contributed by atoms with van der Waals surface area (Å²) >= 11 is 0. The second kappa shape index (κ2) is 5.86. The van der Waals surface area contributed by atoms with Crippen molar-refractivity contribution in [2.75, 3.05) is 5.32 Å². The number of nitrogens with zero attached hydrogens (tertiary/aromatic N) is 2. The average molecular weight is 255 g/mol. The third kappa shape index (κ3) is 3.70. The monoisotopic (exact) mass is 255 g/mol. The van der Waals surface area contributed by atoms with Crippen LogP contribution in [0.4, 0.5) is 5.69 Å². The molecule has 0 aliphatic rings. The van der Waals surface area contributed by atoms with Gasteiger partial charge in [0.2, 0.25) is 5.91 Å².